The highest BCUT2D eigenvalue weighted by Gasteiger charge is 2.43. The number of rotatable bonds is 0. The minimum absolute atomic E-state index is 0. The molecule has 0 bridgehead atoms. The Bertz CT molecular complexity index is 105. The van der Waals surface area contributed by atoms with E-state index in [1.807, 2.05) is 13.8 Å². The van der Waals surface area contributed by atoms with Crippen LogP contribution in [0.15, 0.2) is 0 Å². The molecule has 0 aromatic rings. The van der Waals surface area contributed by atoms with Crippen LogP contribution in [0.4, 0.5) is 0 Å². The summed E-state index contributed by atoms with van der Waals surface area (Å²) in [6, 6.07) is 0.0324. The van der Waals surface area contributed by atoms with E-state index in [0.717, 1.165) is 6.42 Å². The van der Waals surface area contributed by atoms with Crippen molar-refractivity contribution in [2.24, 2.45) is 11.1 Å². The molecule has 56 valence electrons. The van der Waals surface area contributed by atoms with Crippen molar-refractivity contribution in [2.45, 2.75) is 32.4 Å². The highest BCUT2D eigenvalue weighted by Crippen LogP contribution is 2.38. The summed E-state index contributed by atoms with van der Waals surface area (Å²) < 4.78 is 0. The molecule has 9 heavy (non-hydrogen) atoms. The summed E-state index contributed by atoms with van der Waals surface area (Å²) in [5.74, 6) is 0. The van der Waals surface area contributed by atoms with Crippen molar-refractivity contribution in [3.8, 4) is 0 Å². The van der Waals surface area contributed by atoms with Crippen LogP contribution in [0.2, 0.25) is 0 Å². The van der Waals surface area contributed by atoms with Crippen LogP contribution >= 0.6 is 12.4 Å². The first-order valence-electron chi connectivity index (χ1n) is 2.98. The Kier molecular flexibility index (Phi) is 2.50. The van der Waals surface area contributed by atoms with Gasteiger partial charge < -0.3 is 10.8 Å². The number of hydrogen-bond acceptors (Lipinski definition) is 2. The molecule has 3 N–H and O–H groups in total. The Morgan fingerprint density at radius 2 is 2.00 bits per heavy atom. The third-order valence-corrected chi connectivity index (χ3v) is 1.97. The lowest BCUT2D eigenvalue weighted by atomic mass is 9.66. The molecule has 1 aliphatic carbocycles. The van der Waals surface area contributed by atoms with Gasteiger partial charge in [-0.3, -0.25) is 0 Å². The Balaban J connectivity index is 0.000000640. The zero-order valence-corrected chi connectivity index (χ0v) is 6.61. The highest BCUT2D eigenvalue weighted by atomic mass is 35.5. The van der Waals surface area contributed by atoms with E-state index in [-0.39, 0.29) is 30.0 Å². The van der Waals surface area contributed by atoms with Crippen molar-refractivity contribution in [2.75, 3.05) is 0 Å². The molecule has 1 saturated carbocycles. The van der Waals surface area contributed by atoms with Gasteiger partial charge in [-0.05, 0) is 11.8 Å². The lowest BCUT2D eigenvalue weighted by Gasteiger charge is -2.46. The number of hydrogen-bond donors (Lipinski definition) is 2. The molecule has 2 nitrogen and oxygen atoms in total. The molecule has 0 heterocycles. The number of nitrogens with two attached hydrogens (primary N) is 1. The maximum Gasteiger partial charge on any atom is 0.0742 e. The minimum atomic E-state index is -0.275. The molecule has 0 radical (unpaired) electrons. The van der Waals surface area contributed by atoms with E-state index in [2.05, 4.69) is 0 Å². The van der Waals surface area contributed by atoms with Gasteiger partial charge in [0.05, 0.1) is 6.10 Å². The first kappa shape index (κ1) is 9.21. The third-order valence-electron chi connectivity index (χ3n) is 1.97. The van der Waals surface area contributed by atoms with Crippen molar-refractivity contribution < 1.29 is 5.11 Å². The van der Waals surface area contributed by atoms with Gasteiger partial charge in [0, 0.05) is 6.04 Å². The van der Waals surface area contributed by atoms with Crippen LogP contribution in [-0.2, 0) is 0 Å². The molecule has 1 rings (SSSR count). The van der Waals surface area contributed by atoms with Gasteiger partial charge in [0.1, 0.15) is 0 Å². The summed E-state index contributed by atoms with van der Waals surface area (Å²) in [6.45, 7) is 4.06. The molecule has 0 aliphatic heterocycles. The van der Waals surface area contributed by atoms with Gasteiger partial charge in [0.2, 0.25) is 0 Å². The molecule has 0 spiro atoms. The number of halogens is 1. The zero-order chi connectivity index (χ0) is 6.36. The van der Waals surface area contributed by atoms with Crippen LogP contribution in [0.25, 0.3) is 0 Å². The topological polar surface area (TPSA) is 46.2 Å². The van der Waals surface area contributed by atoms with Crippen LogP contribution < -0.4 is 5.73 Å². The first-order chi connectivity index (χ1) is 3.54. The normalized spacial score (nSPS) is 38.7. The average Bonchev–Trinajstić information content (AvgIpc) is 1.65. The molecule has 1 fully saturated rings. The molecule has 3 heteroatoms. The second kappa shape index (κ2) is 2.45. The summed E-state index contributed by atoms with van der Waals surface area (Å²) >= 11 is 0. The molecular weight excluding hydrogens is 138 g/mol. The smallest absolute Gasteiger partial charge is 0.0742 e. The molecular formula is C6H14ClNO. The van der Waals surface area contributed by atoms with Crippen LogP contribution in [0.3, 0.4) is 0 Å². The van der Waals surface area contributed by atoms with Gasteiger partial charge in [0.25, 0.3) is 0 Å². The Morgan fingerprint density at radius 3 is 2.00 bits per heavy atom. The SMILES string of the molecule is CC1(C)C[C@@H](N)[C@H]1O.Cl. The fourth-order valence-electron chi connectivity index (χ4n) is 1.26. The molecule has 0 aromatic carbocycles. The molecule has 0 aromatic heterocycles. The van der Waals surface area contributed by atoms with Gasteiger partial charge in [0.15, 0.2) is 0 Å². The fourth-order valence-corrected chi connectivity index (χ4v) is 1.26. The summed E-state index contributed by atoms with van der Waals surface area (Å²) in [7, 11) is 0. The van der Waals surface area contributed by atoms with Crippen molar-refractivity contribution in [1.29, 1.82) is 0 Å². The second-order valence-corrected chi connectivity index (χ2v) is 3.30. The third kappa shape index (κ3) is 1.37. The predicted octanol–water partition coefficient (Wildman–Crippen LogP) is 0.526. The predicted molar refractivity (Wildman–Crippen MR) is 39.6 cm³/mol. The van der Waals surface area contributed by atoms with Crippen molar-refractivity contribution >= 4 is 12.4 Å². The molecule has 1 aliphatic rings. The van der Waals surface area contributed by atoms with E-state index in [1.54, 1.807) is 0 Å². The zero-order valence-electron chi connectivity index (χ0n) is 5.79. The van der Waals surface area contributed by atoms with Gasteiger partial charge >= 0.3 is 0 Å². The van der Waals surface area contributed by atoms with E-state index in [1.165, 1.54) is 0 Å². The Labute approximate surface area is 61.8 Å². The van der Waals surface area contributed by atoms with Crippen LogP contribution in [0, 0.1) is 5.41 Å². The first-order valence-corrected chi connectivity index (χ1v) is 2.98. The standard InChI is InChI=1S/C6H13NO.ClH/c1-6(2)3-4(7)5(6)8;/h4-5,8H,3,7H2,1-2H3;1H/t4-,5-;/m1./s1. The summed E-state index contributed by atoms with van der Waals surface area (Å²) in [6.07, 6.45) is 0.677. The van der Waals surface area contributed by atoms with E-state index in [0.29, 0.717) is 0 Å². The van der Waals surface area contributed by atoms with Gasteiger partial charge in [-0.2, -0.15) is 0 Å². The lowest BCUT2D eigenvalue weighted by Crippen LogP contribution is -2.57. The molecule has 0 amide bonds. The Morgan fingerprint density at radius 1 is 1.56 bits per heavy atom. The van der Waals surface area contributed by atoms with Crippen LogP contribution in [0.1, 0.15) is 20.3 Å². The van der Waals surface area contributed by atoms with Crippen molar-refractivity contribution in [3.05, 3.63) is 0 Å². The van der Waals surface area contributed by atoms with Crippen molar-refractivity contribution in [3.63, 3.8) is 0 Å². The van der Waals surface area contributed by atoms with E-state index >= 15 is 0 Å². The lowest BCUT2D eigenvalue weighted by molar-refractivity contribution is -0.0590. The number of aliphatic hydroxyl groups is 1. The highest BCUT2D eigenvalue weighted by molar-refractivity contribution is 5.85. The molecule has 0 unspecified atom stereocenters. The van der Waals surface area contributed by atoms with Gasteiger partial charge in [-0.1, -0.05) is 13.8 Å². The van der Waals surface area contributed by atoms with Crippen LogP contribution in [0.5, 0.6) is 0 Å². The fraction of sp³-hybridized carbons (Fsp3) is 1.00. The molecule has 0 saturated heterocycles. The maximum atomic E-state index is 9.12. The summed E-state index contributed by atoms with van der Waals surface area (Å²) in [5.41, 5.74) is 5.53. The van der Waals surface area contributed by atoms with Gasteiger partial charge in [-0.25, -0.2) is 0 Å². The van der Waals surface area contributed by atoms with Gasteiger partial charge in [-0.15, -0.1) is 12.4 Å². The largest absolute Gasteiger partial charge is 0.391 e. The summed E-state index contributed by atoms with van der Waals surface area (Å²) in [4.78, 5) is 0. The second-order valence-electron chi connectivity index (χ2n) is 3.30. The summed E-state index contributed by atoms with van der Waals surface area (Å²) in [5, 5.41) is 9.12. The Hall–Kier alpha value is 0.210. The molecule has 2 atom stereocenters. The quantitative estimate of drug-likeness (QED) is 0.531. The maximum absolute atomic E-state index is 9.12. The monoisotopic (exact) mass is 151 g/mol. The number of aliphatic hydroxyl groups excluding tert-OH is 1. The van der Waals surface area contributed by atoms with Crippen LogP contribution in [-0.4, -0.2) is 17.3 Å². The van der Waals surface area contributed by atoms with E-state index in [9.17, 15) is 0 Å². The van der Waals surface area contributed by atoms with E-state index in [4.69, 9.17) is 10.8 Å². The minimum Gasteiger partial charge on any atom is -0.391 e. The average molecular weight is 152 g/mol. The van der Waals surface area contributed by atoms with Crippen molar-refractivity contribution in [1.82, 2.24) is 0 Å². The van der Waals surface area contributed by atoms with E-state index < -0.39 is 0 Å².